The number of methoxy groups -OCH3 is 2. The third-order valence-electron chi connectivity index (χ3n) is 12.6. The highest BCUT2D eigenvalue weighted by atomic mass is 35.5. The van der Waals surface area contributed by atoms with E-state index in [1.54, 1.807) is 0 Å². The van der Waals surface area contributed by atoms with E-state index in [9.17, 15) is 19.2 Å². The predicted octanol–water partition coefficient (Wildman–Crippen LogP) is 8.31. The van der Waals surface area contributed by atoms with Crippen LogP contribution in [0.4, 0.5) is 9.59 Å². The molecule has 2 fully saturated rings. The lowest BCUT2D eigenvalue weighted by molar-refractivity contribution is -0.140. The van der Waals surface area contributed by atoms with Crippen molar-refractivity contribution in [3.63, 3.8) is 0 Å². The number of benzene rings is 3. The fraction of sp³-hybridized carbons (Fsp3) is 0.478. The van der Waals surface area contributed by atoms with Crippen molar-refractivity contribution in [2.75, 3.05) is 20.8 Å². The van der Waals surface area contributed by atoms with Gasteiger partial charge in [0.25, 0.3) is 0 Å². The highest BCUT2D eigenvalue weighted by Gasteiger charge is 2.51. The summed E-state index contributed by atoms with van der Waals surface area (Å²) in [5.74, 6) is 1.04. The van der Waals surface area contributed by atoms with Gasteiger partial charge in [0, 0.05) is 30.0 Å². The van der Waals surface area contributed by atoms with Gasteiger partial charge in [-0.15, -0.1) is 0 Å². The predicted molar refractivity (Wildman–Crippen MR) is 236 cm³/mol. The number of amides is 4. The summed E-state index contributed by atoms with van der Waals surface area (Å²) in [5, 5.41) is 11.0. The molecule has 0 bridgehead atoms. The molecular formula is C46H57ClN8O6. The standard InChI is InChI=1S/C46H57ClN8O6/c1-24(2)35(52-44(58)60-7)42(56)49-33-23-46(33,6)20-19-34-48-32-18-16-30-22-29(15-17-31(30)38(32)50-34)27-11-13-28(14-12-27)37-40(47)54-41(51-37)39-26(5)10-9-21-55(39)43(57)36(25(3)4)53-45(59)61-8/h11-18,22,24-26,33,35-36,39H,9-10,19-21,23H2,1-8H3,(H,48,50)(H,49,56)(H,51,54)(H,52,58)(H,53,59). The number of rotatable bonds is 13. The van der Waals surface area contributed by atoms with Crippen LogP contribution >= 0.6 is 11.6 Å². The Morgan fingerprint density at radius 2 is 1.54 bits per heavy atom. The number of aryl methyl sites for hydroxylation is 1. The van der Waals surface area contributed by atoms with Crippen LogP contribution in [0.3, 0.4) is 0 Å². The molecule has 2 aromatic heterocycles. The number of aromatic amines is 2. The maximum absolute atomic E-state index is 13.9. The summed E-state index contributed by atoms with van der Waals surface area (Å²) in [7, 11) is 2.57. The van der Waals surface area contributed by atoms with Gasteiger partial charge in [0.15, 0.2) is 0 Å². The Balaban J connectivity index is 1.03. The van der Waals surface area contributed by atoms with Crippen molar-refractivity contribution >= 4 is 57.4 Å². The summed E-state index contributed by atoms with van der Waals surface area (Å²) in [6, 6.07) is 17.0. The molecule has 4 amide bonds. The molecular weight excluding hydrogens is 796 g/mol. The normalized spacial score (nSPS) is 21.0. The van der Waals surface area contributed by atoms with Crippen molar-refractivity contribution in [3.05, 3.63) is 71.4 Å². The van der Waals surface area contributed by atoms with E-state index in [-0.39, 0.29) is 47.1 Å². The number of H-pyrrole nitrogens is 2. The minimum Gasteiger partial charge on any atom is -0.453 e. The van der Waals surface area contributed by atoms with Gasteiger partial charge < -0.3 is 40.3 Å². The third-order valence-corrected chi connectivity index (χ3v) is 12.9. The van der Waals surface area contributed by atoms with Gasteiger partial charge in [0.05, 0.1) is 31.3 Å². The monoisotopic (exact) mass is 852 g/mol. The smallest absolute Gasteiger partial charge is 0.407 e. The van der Waals surface area contributed by atoms with E-state index in [2.05, 4.69) is 82.2 Å². The van der Waals surface area contributed by atoms with Gasteiger partial charge in [-0.1, -0.05) is 95.6 Å². The molecule has 1 saturated carbocycles. The van der Waals surface area contributed by atoms with E-state index in [0.717, 1.165) is 76.4 Å². The number of carbonyl (C=O) groups excluding carboxylic acids is 4. The molecule has 61 heavy (non-hydrogen) atoms. The van der Waals surface area contributed by atoms with Gasteiger partial charge in [-0.25, -0.2) is 19.6 Å². The van der Waals surface area contributed by atoms with E-state index in [0.29, 0.717) is 23.2 Å². The van der Waals surface area contributed by atoms with E-state index in [4.69, 9.17) is 31.0 Å². The fourth-order valence-corrected chi connectivity index (χ4v) is 8.95. The number of imidazole rings is 2. The number of hydrogen-bond donors (Lipinski definition) is 5. The average molecular weight is 853 g/mol. The van der Waals surface area contributed by atoms with Crippen molar-refractivity contribution in [2.24, 2.45) is 23.2 Å². The highest BCUT2D eigenvalue weighted by Crippen LogP contribution is 2.49. The number of nitrogens with one attached hydrogen (secondary N) is 5. The molecule has 2 aliphatic rings. The van der Waals surface area contributed by atoms with Crippen LogP contribution in [-0.4, -0.2) is 87.7 Å². The summed E-state index contributed by atoms with van der Waals surface area (Å²) in [5.41, 5.74) is 5.39. The van der Waals surface area contributed by atoms with Crippen molar-refractivity contribution in [1.82, 2.24) is 40.8 Å². The SMILES string of the molecule is COC(=O)NC(C(=O)NC1CC1(C)CCc1nc2c(ccc3cc(-c4ccc(-c5nc(C6C(C)CCCN6C(=O)C(NC(=O)OC)C(C)C)[nH]c5Cl)cc4)ccc32)[nH]1)C(C)C. The Kier molecular flexibility index (Phi) is 12.7. The first-order valence-corrected chi connectivity index (χ1v) is 21.6. The second-order valence-corrected chi connectivity index (χ2v) is 18.1. The maximum atomic E-state index is 13.9. The zero-order valence-electron chi connectivity index (χ0n) is 36.1. The van der Waals surface area contributed by atoms with Crippen LogP contribution in [0.2, 0.25) is 5.15 Å². The average Bonchev–Trinajstić information content (AvgIpc) is 3.50. The van der Waals surface area contributed by atoms with E-state index < -0.39 is 24.3 Å². The molecule has 3 heterocycles. The topological polar surface area (TPSA) is 183 Å². The van der Waals surface area contributed by atoms with Gasteiger partial charge in [0.2, 0.25) is 11.8 Å². The number of piperidine rings is 1. The van der Waals surface area contributed by atoms with Gasteiger partial charge in [-0.05, 0) is 77.5 Å². The fourth-order valence-electron chi connectivity index (χ4n) is 8.70. The number of aromatic nitrogens is 4. The first-order chi connectivity index (χ1) is 29.1. The molecule has 1 saturated heterocycles. The summed E-state index contributed by atoms with van der Waals surface area (Å²) < 4.78 is 9.51. The number of ether oxygens (including phenoxy) is 2. The maximum Gasteiger partial charge on any atom is 0.407 e. The molecule has 15 heteroatoms. The number of hydrogen-bond acceptors (Lipinski definition) is 8. The minimum absolute atomic E-state index is 0.0302. The summed E-state index contributed by atoms with van der Waals surface area (Å²) in [4.78, 5) is 69.4. The van der Waals surface area contributed by atoms with Crippen LogP contribution in [0.25, 0.3) is 44.2 Å². The first kappa shape index (κ1) is 43.5. The van der Waals surface area contributed by atoms with Crippen molar-refractivity contribution in [1.29, 1.82) is 0 Å². The number of alkyl carbamates (subject to hydrolysis) is 2. The zero-order valence-corrected chi connectivity index (χ0v) is 36.9. The second-order valence-electron chi connectivity index (χ2n) is 17.7. The van der Waals surface area contributed by atoms with Crippen LogP contribution in [0.1, 0.15) is 84.9 Å². The molecule has 14 nitrogen and oxygen atoms in total. The van der Waals surface area contributed by atoms with E-state index >= 15 is 0 Å². The van der Waals surface area contributed by atoms with Crippen LogP contribution in [0.5, 0.6) is 0 Å². The van der Waals surface area contributed by atoms with Crippen LogP contribution in [-0.2, 0) is 25.5 Å². The van der Waals surface area contributed by atoms with Gasteiger partial charge in [0.1, 0.15) is 34.6 Å². The molecule has 0 radical (unpaired) electrons. The quantitative estimate of drug-likeness (QED) is 0.0784. The second kappa shape index (κ2) is 17.8. The van der Waals surface area contributed by atoms with E-state index in [1.165, 1.54) is 14.2 Å². The Labute approximate surface area is 361 Å². The van der Waals surface area contributed by atoms with E-state index in [1.807, 2.05) is 44.7 Å². The Morgan fingerprint density at radius 3 is 2.21 bits per heavy atom. The molecule has 0 spiro atoms. The van der Waals surface area contributed by atoms with Gasteiger partial charge >= 0.3 is 12.2 Å². The molecule has 6 unspecified atom stereocenters. The van der Waals surface area contributed by atoms with Gasteiger partial charge in [-0.3, -0.25) is 9.59 Å². The summed E-state index contributed by atoms with van der Waals surface area (Å²) in [6.07, 6.45) is 2.97. The number of carbonyl (C=O) groups is 4. The lowest BCUT2D eigenvalue weighted by Gasteiger charge is -2.41. The van der Waals surface area contributed by atoms with Crippen molar-refractivity contribution in [2.45, 2.75) is 97.8 Å². The number of nitrogens with zero attached hydrogens (tertiary/aromatic N) is 3. The Hall–Kier alpha value is -5.63. The van der Waals surface area contributed by atoms with Gasteiger partial charge in [-0.2, -0.15) is 0 Å². The molecule has 6 atom stereocenters. The molecule has 1 aliphatic carbocycles. The molecule has 1 aliphatic heterocycles. The lowest BCUT2D eigenvalue weighted by atomic mass is 9.88. The zero-order chi connectivity index (χ0) is 43.7. The number of fused-ring (bicyclic) bond motifs is 3. The molecule has 5 aromatic rings. The van der Waals surface area contributed by atoms with Crippen LogP contribution in [0, 0.1) is 23.2 Å². The Bertz CT molecular complexity index is 2430. The number of halogens is 1. The number of likely N-dealkylation sites (tertiary alicyclic amines) is 1. The molecule has 324 valence electrons. The highest BCUT2D eigenvalue weighted by molar-refractivity contribution is 6.32. The summed E-state index contributed by atoms with van der Waals surface area (Å²) in [6.45, 7) is 12.4. The van der Waals surface area contributed by atoms with Crippen LogP contribution < -0.4 is 16.0 Å². The summed E-state index contributed by atoms with van der Waals surface area (Å²) >= 11 is 6.82. The third kappa shape index (κ3) is 9.19. The first-order valence-electron chi connectivity index (χ1n) is 21.2. The molecule has 7 rings (SSSR count). The minimum atomic E-state index is -0.738. The lowest BCUT2D eigenvalue weighted by Crippen LogP contribution is -2.54. The molecule has 5 N–H and O–H groups in total. The van der Waals surface area contributed by atoms with Crippen LogP contribution in [0.15, 0.2) is 54.6 Å². The molecule has 3 aromatic carbocycles. The largest absolute Gasteiger partial charge is 0.453 e. The Morgan fingerprint density at radius 1 is 0.885 bits per heavy atom. The van der Waals surface area contributed by atoms with Crippen molar-refractivity contribution < 1.29 is 28.7 Å². The van der Waals surface area contributed by atoms with Crippen molar-refractivity contribution in [3.8, 4) is 22.4 Å².